The van der Waals surface area contributed by atoms with Gasteiger partial charge in [-0.1, -0.05) is 13.3 Å². The number of aryl methyl sites for hydroxylation is 1. The van der Waals surface area contributed by atoms with Gasteiger partial charge in [-0.2, -0.15) is 18.2 Å². The van der Waals surface area contributed by atoms with E-state index in [1.54, 1.807) is 11.3 Å². The fourth-order valence-corrected chi connectivity index (χ4v) is 5.99. The summed E-state index contributed by atoms with van der Waals surface area (Å²) in [5.41, 5.74) is 5.36. The van der Waals surface area contributed by atoms with Gasteiger partial charge >= 0.3 is 6.18 Å². The van der Waals surface area contributed by atoms with Crippen molar-refractivity contribution < 1.29 is 18.0 Å². The number of piperidine rings is 1. The summed E-state index contributed by atoms with van der Waals surface area (Å²) in [6.07, 6.45) is -0.554. The molecule has 2 N–H and O–H groups in total. The Morgan fingerprint density at radius 2 is 1.91 bits per heavy atom. The molecule has 1 fully saturated rings. The van der Waals surface area contributed by atoms with Gasteiger partial charge in [0.15, 0.2) is 5.82 Å². The van der Waals surface area contributed by atoms with Gasteiger partial charge in [0.2, 0.25) is 17.7 Å². The lowest BCUT2D eigenvalue weighted by molar-refractivity contribution is -0.147. The molecule has 2 aliphatic rings. The number of anilines is 2. The average Bonchev–Trinajstić information content (AvgIpc) is 3.42. The molecule has 3 aromatic rings. The van der Waals surface area contributed by atoms with E-state index in [-0.39, 0.29) is 30.7 Å². The van der Waals surface area contributed by atoms with E-state index in [0.717, 1.165) is 53.6 Å². The van der Waals surface area contributed by atoms with E-state index in [9.17, 15) is 18.0 Å². The van der Waals surface area contributed by atoms with Crippen LogP contribution in [-0.4, -0.2) is 50.3 Å². The van der Waals surface area contributed by atoms with Crippen molar-refractivity contribution in [3.05, 3.63) is 22.6 Å². The number of nitrogens with two attached hydrogens (primary N) is 1. The van der Waals surface area contributed by atoms with Crippen LogP contribution in [0.1, 0.15) is 49.1 Å². The summed E-state index contributed by atoms with van der Waals surface area (Å²) >= 11 is 1.63. The van der Waals surface area contributed by atoms with Gasteiger partial charge in [-0.05, 0) is 31.2 Å². The molecule has 0 spiro atoms. The third-order valence-electron chi connectivity index (χ3n) is 6.60. The summed E-state index contributed by atoms with van der Waals surface area (Å²) in [6.45, 7) is 4.24. The lowest BCUT2D eigenvalue weighted by Gasteiger charge is -2.33. The molecule has 13 heteroatoms. The monoisotopic (exact) mass is 508 g/mol. The van der Waals surface area contributed by atoms with Crippen molar-refractivity contribution in [1.29, 1.82) is 0 Å². The van der Waals surface area contributed by atoms with Crippen molar-refractivity contribution in [1.82, 2.24) is 24.7 Å². The number of rotatable bonds is 6. The highest BCUT2D eigenvalue weighted by molar-refractivity contribution is 7.18. The summed E-state index contributed by atoms with van der Waals surface area (Å²) < 4.78 is 41.0. The number of hydrogen-bond donors (Lipinski definition) is 1. The van der Waals surface area contributed by atoms with Gasteiger partial charge in [-0.15, -0.1) is 21.5 Å². The van der Waals surface area contributed by atoms with E-state index in [0.29, 0.717) is 24.7 Å². The number of aromatic nitrogens is 5. The van der Waals surface area contributed by atoms with Gasteiger partial charge in [0.05, 0.1) is 11.9 Å². The first-order valence-corrected chi connectivity index (χ1v) is 12.6. The zero-order chi connectivity index (χ0) is 24.7. The summed E-state index contributed by atoms with van der Waals surface area (Å²) in [5.74, 6) is 0.621. The zero-order valence-corrected chi connectivity index (χ0v) is 20.2. The lowest BCUT2D eigenvalue weighted by atomic mass is 9.93. The fraction of sp³-hybridized carbons (Fsp3) is 0.591. The maximum Gasteiger partial charge on any atom is 0.451 e. The highest BCUT2D eigenvalue weighted by Gasteiger charge is 2.40. The van der Waals surface area contributed by atoms with Gasteiger partial charge in [-0.25, -0.2) is 4.98 Å². The normalized spacial score (nSPS) is 17.3. The Morgan fingerprint density at radius 1 is 1.14 bits per heavy atom. The minimum atomic E-state index is -4.54. The minimum absolute atomic E-state index is 0.127. The number of amides is 1. The second-order valence-electron chi connectivity index (χ2n) is 9.14. The standard InChI is InChI=1S/C22H27F3N8OS/c1-2-3-14-11-15-18(32-8-9-33-17(12-32)29-30-20(33)22(23,24)25)27-21(28-19(15)35-14)31-6-4-13(5-7-31)10-16(26)34/h11,13H,2-10,12H2,1H3,(H2,26,34). The van der Waals surface area contributed by atoms with Crippen molar-refractivity contribution in [2.45, 2.75) is 58.3 Å². The number of hydrogen-bond acceptors (Lipinski definition) is 8. The van der Waals surface area contributed by atoms with E-state index < -0.39 is 12.0 Å². The fourth-order valence-electron chi connectivity index (χ4n) is 4.87. The highest BCUT2D eigenvalue weighted by Crippen LogP contribution is 2.36. The quantitative estimate of drug-likeness (QED) is 0.544. The Bertz CT molecular complexity index is 1230. The van der Waals surface area contributed by atoms with Gasteiger partial charge in [0, 0.05) is 37.5 Å². The third-order valence-corrected chi connectivity index (χ3v) is 7.69. The Labute approximate surface area is 204 Å². The number of thiophene rings is 1. The first-order chi connectivity index (χ1) is 16.7. The Balaban J connectivity index is 1.46. The Kier molecular flexibility index (Phi) is 6.28. The first kappa shape index (κ1) is 23.8. The van der Waals surface area contributed by atoms with E-state index >= 15 is 0 Å². The average molecular weight is 509 g/mol. The van der Waals surface area contributed by atoms with Crippen LogP contribution in [0.25, 0.3) is 10.2 Å². The molecule has 0 unspecified atom stereocenters. The molecule has 5 heterocycles. The molecular weight excluding hydrogens is 481 g/mol. The smallest absolute Gasteiger partial charge is 0.370 e. The van der Waals surface area contributed by atoms with Crippen LogP contribution >= 0.6 is 11.3 Å². The molecule has 3 aromatic heterocycles. The predicted octanol–water partition coefficient (Wildman–Crippen LogP) is 3.37. The molecule has 0 bridgehead atoms. The Hall–Kier alpha value is -2.96. The van der Waals surface area contributed by atoms with Crippen molar-refractivity contribution >= 4 is 39.2 Å². The van der Waals surface area contributed by atoms with Crippen LogP contribution in [0.3, 0.4) is 0 Å². The molecule has 35 heavy (non-hydrogen) atoms. The molecule has 0 aromatic carbocycles. The van der Waals surface area contributed by atoms with Crippen LogP contribution in [0.15, 0.2) is 6.07 Å². The number of nitrogens with zero attached hydrogens (tertiary/aromatic N) is 7. The summed E-state index contributed by atoms with van der Waals surface area (Å²) in [5, 5.41) is 8.13. The van der Waals surface area contributed by atoms with E-state index in [1.807, 2.05) is 4.90 Å². The minimum Gasteiger partial charge on any atom is -0.370 e. The SMILES string of the molecule is CCCc1cc2c(N3CCn4c(nnc4C(F)(F)F)C3)nc(N3CCC(CC(N)=O)CC3)nc2s1. The van der Waals surface area contributed by atoms with Gasteiger partial charge < -0.3 is 20.1 Å². The first-order valence-electron chi connectivity index (χ1n) is 11.8. The third kappa shape index (κ3) is 4.78. The predicted molar refractivity (Wildman–Crippen MR) is 126 cm³/mol. The number of alkyl halides is 3. The van der Waals surface area contributed by atoms with Crippen LogP contribution < -0.4 is 15.5 Å². The van der Waals surface area contributed by atoms with E-state index in [1.165, 1.54) is 4.88 Å². The van der Waals surface area contributed by atoms with Crippen LogP contribution in [0.2, 0.25) is 0 Å². The maximum atomic E-state index is 13.3. The van der Waals surface area contributed by atoms with E-state index in [2.05, 4.69) is 28.1 Å². The van der Waals surface area contributed by atoms with Crippen LogP contribution in [0.4, 0.5) is 24.9 Å². The summed E-state index contributed by atoms with van der Waals surface area (Å²) in [7, 11) is 0. The second-order valence-corrected chi connectivity index (χ2v) is 10.3. The zero-order valence-electron chi connectivity index (χ0n) is 19.4. The van der Waals surface area contributed by atoms with Crippen molar-refractivity contribution in [3.8, 4) is 0 Å². The molecule has 188 valence electrons. The Morgan fingerprint density at radius 3 is 2.60 bits per heavy atom. The largest absolute Gasteiger partial charge is 0.451 e. The number of carbonyl (C=O) groups excluding carboxylic acids is 1. The molecule has 0 aliphatic carbocycles. The highest BCUT2D eigenvalue weighted by atomic mass is 32.1. The van der Waals surface area contributed by atoms with Crippen molar-refractivity contribution in [3.63, 3.8) is 0 Å². The number of primary amides is 1. The molecule has 2 aliphatic heterocycles. The summed E-state index contributed by atoms with van der Waals surface area (Å²) in [6, 6.07) is 2.10. The number of carbonyl (C=O) groups is 1. The van der Waals surface area contributed by atoms with Gasteiger partial charge in [0.25, 0.3) is 0 Å². The summed E-state index contributed by atoms with van der Waals surface area (Å²) in [4.78, 5) is 27.2. The molecule has 0 saturated carbocycles. The van der Waals surface area contributed by atoms with Gasteiger partial charge in [0.1, 0.15) is 10.6 Å². The molecule has 0 atom stereocenters. The van der Waals surface area contributed by atoms with Crippen LogP contribution in [-0.2, 0) is 30.5 Å². The molecule has 9 nitrogen and oxygen atoms in total. The molecule has 5 rings (SSSR count). The number of halogens is 3. The number of fused-ring (bicyclic) bond motifs is 2. The molecular formula is C22H27F3N8OS. The van der Waals surface area contributed by atoms with Gasteiger partial charge in [-0.3, -0.25) is 4.79 Å². The van der Waals surface area contributed by atoms with E-state index in [4.69, 9.17) is 15.7 Å². The second kappa shape index (κ2) is 9.25. The van der Waals surface area contributed by atoms with Crippen LogP contribution in [0.5, 0.6) is 0 Å². The maximum absolute atomic E-state index is 13.3. The topological polar surface area (TPSA) is 106 Å². The van der Waals surface area contributed by atoms with Crippen molar-refractivity contribution in [2.24, 2.45) is 11.7 Å². The van der Waals surface area contributed by atoms with Crippen LogP contribution in [0, 0.1) is 5.92 Å². The van der Waals surface area contributed by atoms with Crippen molar-refractivity contribution in [2.75, 3.05) is 29.4 Å². The molecule has 1 amide bonds. The molecule has 0 radical (unpaired) electrons. The molecule has 1 saturated heterocycles. The lowest BCUT2D eigenvalue weighted by Crippen LogP contribution is -2.38.